The van der Waals surface area contributed by atoms with E-state index in [1.54, 1.807) is 14.2 Å². The van der Waals surface area contributed by atoms with E-state index in [1.807, 2.05) is 18.2 Å². The highest BCUT2D eigenvalue weighted by Gasteiger charge is 2.20. The van der Waals surface area contributed by atoms with Crippen molar-refractivity contribution in [1.82, 2.24) is 0 Å². The average molecular weight is 518 g/mol. The first kappa shape index (κ1) is 26.7. The second kappa shape index (κ2) is 12.2. The highest BCUT2D eigenvalue weighted by Crippen LogP contribution is 2.43. The minimum atomic E-state index is 0. The van der Waals surface area contributed by atoms with Crippen molar-refractivity contribution in [3.05, 3.63) is 78.4 Å². The van der Waals surface area contributed by atoms with Gasteiger partial charge in [0, 0.05) is 35.3 Å². The van der Waals surface area contributed by atoms with Gasteiger partial charge in [-0.3, -0.25) is 0 Å². The molecule has 37 heavy (non-hydrogen) atoms. The van der Waals surface area contributed by atoms with Crippen molar-refractivity contribution in [2.75, 3.05) is 32.2 Å². The molecule has 5 heteroatoms. The van der Waals surface area contributed by atoms with Crippen LogP contribution < -0.4 is 19.1 Å². The van der Waals surface area contributed by atoms with E-state index in [-0.39, 0.29) is 12.4 Å². The Morgan fingerprint density at radius 2 is 1.51 bits per heavy atom. The molecule has 0 unspecified atom stereocenters. The zero-order valence-electron chi connectivity index (χ0n) is 22.0. The molecule has 1 heterocycles. The second-order valence-electron chi connectivity index (χ2n) is 9.41. The molecule has 1 fully saturated rings. The number of hydrogen-bond acceptors (Lipinski definition) is 4. The standard InChI is InChI=1S/C32H35NO3.ClH/c1-4-9-29-30(33-20-6-5-7-21-33)10-8-11-31(29)36-32-27(23-12-15-25(34-2)16-13-23)18-14-24-22-26(35-3)17-19-28(24)32;/h8,10-19,22H,4-7,9,20-21H2,1-3H3;1H. The summed E-state index contributed by atoms with van der Waals surface area (Å²) in [5.41, 5.74) is 4.77. The lowest BCUT2D eigenvalue weighted by molar-refractivity contribution is 0.415. The summed E-state index contributed by atoms with van der Waals surface area (Å²) in [6.07, 6.45) is 5.88. The number of benzene rings is 4. The minimum absolute atomic E-state index is 0. The lowest BCUT2D eigenvalue weighted by Crippen LogP contribution is -2.30. The lowest BCUT2D eigenvalue weighted by atomic mass is 9.98. The largest absolute Gasteiger partial charge is 0.497 e. The van der Waals surface area contributed by atoms with Gasteiger partial charge in [-0.2, -0.15) is 0 Å². The summed E-state index contributed by atoms with van der Waals surface area (Å²) in [5, 5.41) is 2.15. The van der Waals surface area contributed by atoms with Crippen LogP contribution in [0.1, 0.15) is 38.2 Å². The molecule has 1 aliphatic heterocycles. The van der Waals surface area contributed by atoms with Gasteiger partial charge in [-0.1, -0.05) is 37.6 Å². The maximum atomic E-state index is 6.92. The summed E-state index contributed by atoms with van der Waals surface area (Å²) in [7, 11) is 3.39. The van der Waals surface area contributed by atoms with Crippen LogP contribution in [0.3, 0.4) is 0 Å². The molecule has 0 atom stereocenters. The van der Waals surface area contributed by atoms with E-state index >= 15 is 0 Å². The SMILES string of the molecule is CCCc1c(Oc2c(-c3ccc(OC)cc3)ccc3cc(OC)ccc23)cccc1N1CCCCC1.Cl. The van der Waals surface area contributed by atoms with Gasteiger partial charge in [0.15, 0.2) is 0 Å². The van der Waals surface area contributed by atoms with Gasteiger partial charge in [-0.25, -0.2) is 0 Å². The summed E-state index contributed by atoms with van der Waals surface area (Å²) in [5.74, 6) is 3.49. The highest BCUT2D eigenvalue weighted by molar-refractivity contribution is 5.96. The fourth-order valence-electron chi connectivity index (χ4n) is 5.21. The molecule has 4 nitrogen and oxygen atoms in total. The first-order valence-electron chi connectivity index (χ1n) is 13.0. The van der Waals surface area contributed by atoms with Crippen LogP contribution in [-0.4, -0.2) is 27.3 Å². The Balaban J connectivity index is 0.00000320. The topological polar surface area (TPSA) is 30.9 Å². The van der Waals surface area contributed by atoms with E-state index in [1.165, 1.54) is 30.5 Å². The van der Waals surface area contributed by atoms with Gasteiger partial charge >= 0.3 is 0 Å². The average Bonchev–Trinajstić information content (AvgIpc) is 2.94. The monoisotopic (exact) mass is 517 g/mol. The molecule has 194 valence electrons. The van der Waals surface area contributed by atoms with Gasteiger partial charge in [0.05, 0.1) is 14.2 Å². The van der Waals surface area contributed by atoms with Crippen LogP contribution in [0, 0.1) is 0 Å². The number of halogens is 1. The van der Waals surface area contributed by atoms with Gasteiger partial charge < -0.3 is 19.1 Å². The summed E-state index contributed by atoms with van der Waals surface area (Å²) in [6, 6.07) is 25.2. The van der Waals surface area contributed by atoms with Crippen LogP contribution in [0.2, 0.25) is 0 Å². The minimum Gasteiger partial charge on any atom is -0.497 e. The summed E-state index contributed by atoms with van der Waals surface area (Å²) in [4.78, 5) is 2.54. The van der Waals surface area contributed by atoms with Crippen molar-refractivity contribution in [2.24, 2.45) is 0 Å². The van der Waals surface area contributed by atoms with Crippen LogP contribution in [0.4, 0.5) is 5.69 Å². The number of anilines is 1. The molecule has 0 saturated carbocycles. The molecular formula is C32H36ClNO3. The Bertz CT molecular complexity index is 1330. The first-order valence-corrected chi connectivity index (χ1v) is 13.0. The third-order valence-electron chi connectivity index (χ3n) is 7.10. The zero-order valence-corrected chi connectivity index (χ0v) is 22.8. The predicted octanol–water partition coefficient (Wildman–Crippen LogP) is 8.68. The lowest BCUT2D eigenvalue weighted by Gasteiger charge is -2.31. The number of fused-ring (bicyclic) bond motifs is 1. The molecule has 0 aromatic heterocycles. The molecule has 0 spiro atoms. The maximum Gasteiger partial charge on any atom is 0.143 e. The van der Waals surface area contributed by atoms with E-state index in [9.17, 15) is 0 Å². The Hall–Kier alpha value is -3.37. The molecule has 0 bridgehead atoms. The highest BCUT2D eigenvalue weighted by atomic mass is 35.5. The van der Waals surface area contributed by atoms with Crippen molar-refractivity contribution < 1.29 is 14.2 Å². The number of ether oxygens (including phenoxy) is 3. The normalized spacial score (nSPS) is 13.2. The molecular weight excluding hydrogens is 482 g/mol. The Morgan fingerprint density at radius 1 is 0.784 bits per heavy atom. The Kier molecular flexibility index (Phi) is 8.83. The number of piperidine rings is 1. The fraction of sp³-hybridized carbons (Fsp3) is 0.312. The van der Waals surface area contributed by atoms with Crippen LogP contribution in [-0.2, 0) is 6.42 Å². The molecule has 5 rings (SSSR count). The number of nitrogens with zero attached hydrogens (tertiary/aromatic N) is 1. The van der Waals surface area contributed by atoms with Gasteiger partial charge in [0.2, 0.25) is 0 Å². The van der Waals surface area contributed by atoms with Crippen molar-refractivity contribution in [3.8, 4) is 34.1 Å². The van der Waals surface area contributed by atoms with E-state index < -0.39 is 0 Å². The van der Waals surface area contributed by atoms with Crippen molar-refractivity contribution in [2.45, 2.75) is 39.0 Å². The molecule has 0 aliphatic carbocycles. The summed E-state index contributed by atoms with van der Waals surface area (Å²) < 4.78 is 17.8. The molecule has 1 aliphatic rings. The summed E-state index contributed by atoms with van der Waals surface area (Å²) >= 11 is 0. The Labute approximate surface area is 226 Å². The van der Waals surface area contributed by atoms with E-state index in [0.29, 0.717) is 0 Å². The second-order valence-corrected chi connectivity index (χ2v) is 9.41. The molecule has 0 N–H and O–H groups in total. The fourth-order valence-corrected chi connectivity index (χ4v) is 5.21. The summed E-state index contributed by atoms with van der Waals surface area (Å²) in [6.45, 7) is 4.47. The molecule has 1 saturated heterocycles. The first-order chi connectivity index (χ1) is 17.7. The third kappa shape index (κ3) is 5.65. The van der Waals surface area contributed by atoms with Crippen molar-refractivity contribution in [1.29, 1.82) is 0 Å². The van der Waals surface area contributed by atoms with Crippen molar-refractivity contribution >= 4 is 28.9 Å². The van der Waals surface area contributed by atoms with Crippen LogP contribution in [0.15, 0.2) is 72.8 Å². The van der Waals surface area contributed by atoms with Gasteiger partial charge in [0.1, 0.15) is 23.0 Å². The van der Waals surface area contributed by atoms with Crippen LogP contribution in [0.5, 0.6) is 23.0 Å². The molecule has 0 radical (unpaired) electrons. The van der Waals surface area contributed by atoms with E-state index in [4.69, 9.17) is 14.2 Å². The zero-order chi connectivity index (χ0) is 24.9. The molecule has 4 aromatic carbocycles. The number of hydrogen-bond donors (Lipinski definition) is 0. The Morgan fingerprint density at radius 3 is 2.22 bits per heavy atom. The number of rotatable bonds is 8. The van der Waals surface area contributed by atoms with Gasteiger partial charge in [-0.05, 0) is 85.2 Å². The molecule has 0 amide bonds. The number of methoxy groups -OCH3 is 2. The smallest absolute Gasteiger partial charge is 0.143 e. The van der Waals surface area contributed by atoms with Crippen LogP contribution >= 0.6 is 12.4 Å². The quantitative estimate of drug-likeness (QED) is 0.234. The van der Waals surface area contributed by atoms with E-state index in [0.717, 1.165) is 70.8 Å². The van der Waals surface area contributed by atoms with Gasteiger partial charge in [-0.15, -0.1) is 12.4 Å². The van der Waals surface area contributed by atoms with E-state index in [2.05, 4.69) is 66.4 Å². The predicted molar refractivity (Wildman–Crippen MR) is 156 cm³/mol. The maximum absolute atomic E-state index is 6.92. The third-order valence-corrected chi connectivity index (χ3v) is 7.10. The van der Waals surface area contributed by atoms with Crippen molar-refractivity contribution in [3.63, 3.8) is 0 Å². The van der Waals surface area contributed by atoms with Crippen LogP contribution in [0.25, 0.3) is 21.9 Å². The molecule has 4 aromatic rings. The van der Waals surface area contributed by atoms with Gasteiger partial charge in [0.25, 0.3) is 0 Å².